The van der Waals surface area contributed by atoms with Crippen LogP contribution in [0.4, 0.5) is 11.4 Å². The number of rotatable bonds is 4. The van der Waals surface area contributed by atoms with Crippen LogP contribution in [0.1, 0.15) is 41.4 Å². The fourth-order valence-electron chi connectivity index (χ4n) is 5.04. The Hall–Kier alpha value is -2.88. The largest absolute Gasteiger partial charge is 0.733 e. The van der Waals surface area contributed by atoms with Gasteiger partial charge in [0.2, 0.25) is 0 Å². The maximum atomic E-state index is 13.5. The van der Waals surface area contributed by atoms with Gasteiger partial charge in [0.15, 0.2) is 0 Å². The SMILES string of the molecule is O=C(c1cccs1)N1CCN(c2c(N([O-])O)c(=O)n(C3CCCC3)c3ccccc23)CC1. The topological polar surface area (TPSA) is 92.1 Å². The molecule has 9 heteroatoms. The van der Waals surface area contributed by atoms with Gasteiger partial charge in [0.25, 0.3) is 11.5 Å². The quantitative estimate of drug-likeness (QED) is 0.604. The fraction of sp³-hybridized carbons (Fsp3) is 0.391. The van der Waals surface area contributed by atoms with E-state index in [1.165, 1.54) is 11.3 Å². The molecule has 0 bridgehead atoms. The number of nitrogens with zero attached hydrogens (tertiary/aromatic N) is 4. The number of hydrogen-bond acceptors (Lipinski definition) is 7. The first-order valence-electron chi connectivity index (χ1n) is 11.0. The Labute approximate surface area is 189 Å². The highest BCUT2D eigenvalue weighted by molar-refractivity contribution is 7.12. The van der Waals surface area contributed by atoms with Gasteiger partial charge in [-0.05, 0) is 30.4 Å². The van der Waals surface area contributed by atoms with Crippen LogP contribution in [-0.4, -0.2) is 46.8 Å². The smallest absolute Gasteiger partial charge is 0.278 e. The molecule has 0 spiro atoms. The van der Waals surface area contributed by atoms with Gasteiger partial charge >= 0.3 is 0 Å². The van der Waals surface area contributed by atoms with Crippen LogP contribution in [0.5, 0.6) is 0 Å². The third-order valence-corrected chi connectivity index (χ3v) is 7.42. The van der Waals surface area contributed by atoms with E-state index in [9.17, 15) is 20.0 Å². The summed E-state index contributed by atoms with van der Waals surface area (Å²) in [5.74, 6) is -0.00556. The lowest BCUT2D eigenvalue weighted by molar-refractivity contribution is 0.0751. The average molecular weight is 454 g/mol. The Morgan fingerprint density at radius 1 is 1.06 bits per heavy atom. The third-order valence-electron chi connectivity index (χ3n) is 6.56. The van der Waals surface area contributed by atoms with Crippen LogP contribution in [0.2, 0.25) is 0 Å². The summed E-state index contributed by atoms with van der Waals surface area (Å²) in [6.45, 7) is 1.88. The van der Waals surface area contributed by atoms with Crippen molar-refractivity contribution in [3.63, 3.8) is 0 Å². The molecule has 1 amide bonds. The standard InChI is InChI=1S/C23H25N4O4S/c28-22(19-10-5-15-32-19)25-13-11-24(12-14-25)20-17-8-3-4-9-18(17)26(16-6-1-2-7-16)23(29)21(20)27(30)31/h3-5,8-10,15-16,30H,1-2,6-7,11-14H2/q-1. The zero-order valence-corrected chi connectivity index (χ0v) is 18.5. The average Bonchev–Trinajstić information content (AvgIpc) is 3.52. The second-order valence-electron chi connectivity index (χ2n) is 8.36. The molecule has 1 N–H and O–H groups in total. The molecule has 0 radical (unpaired) electrons. The van der Waals surface area contributed by atoms with E-state index < -0.39 is 5.56 Å². The molecule has 168 valence electrons. The predicted octanol–water partition coefficient (Wildman–Crippen LogP) is 3.83. The number of anilines is 2. The van der Waals surface area contributed by atoms with E-state index in [0.717, 1.165) is 36.6 Å². The van der Waals surface area contributed by atoms with E-state index in [-0.39, 0.29) is 22.9 Å². The Balaban J connectivity index is 1.54. The molecule has 1 aromatic carbocycles. The maximum absolute atomic E-state index is 13.5. The van der Waals surface area contributed by atoms with E-state index in [1.807, 2.05) is 46.7 Å². The molecule has 1 saturated carbocycles. The van der Waals surface area contributed by atoms with Gasteiger partial charge in [0, 0.05) is 37.6 Å². The van der Waals surface area contributed by atoms with Crippen molar-refractivity contribution < 1.29 is 10.0 Å². The zero-order chi connectivity index (χ0) is 22.2. The highest BCUT2D eigenvalue weighted by Crippen LogP contribution is 2.38. The molecular weight excluding hydrogens is 428 g/mol. The summed E-state index contributed by atoms with van der Waals surface area (Å²) in [5.41, 5.74) is 0.525. The minimum Gasteiger partial charge on any atom is -0.733 e. The van der Waals surface area contributed by atoms with E-state index in [1.54, 1.807) is 9.47 Å². The van der Waals surface area contributed by atoms with Crippen LogP contribution >= 0.6 is 11.3 Å². The van der Waals surface area contributed by atoms with Crippen molar-refractivity contribution >= 4 is 39.5 Å². The number of amides is 1. The molecule has 3 heterocycles. The van der Waals surface area contributed by atoms with Crippen molar-refractivity contribution in [1.29, 1.82) is 0 Å². The summed E-state index contributed by atoms with van der Waals surface area (Å²) < 4.78 is 1.69. The lowest BCUT2D eigenvalue weighted by atomic mass is 10.1. The summed E-state index contributed by atoms with van der Waals surface area (Å²) in [6.07, 6.45) is 3.86. The van der Waals surface area contributed by atoms with Crippen LogP contribution in [0.15, 0.2) is 46.6 Å². The number of carbonyl (C=O) groups excluding carboxylic acids is 1. The van der Waals surface area contributed by atoms with E-state index in [2.05, 4.69) is 0 Å². The molecule has 2 aliphatic rings. The molecule has 1 aliphatic carbocycles. The predicted molar refractivity (Wildman–Crippen MR) is 126 cm³/mol. The molecule has 3 aromatic rings. The fourth-order valence-corrected chi connectivity index (χ4v) is 5.73. The molecule has 32 heavy (non-hydrogen) atoms. The number of thiophene rings is 1. The van der Waals surface area contributed by atoms with Gasteiger partial charge in [-0.25, -0.2) is 0 Å². The van der Waals surface area contributed by atoms with Crippen molar-refractivity contribution in [1.82, 2.24) is 9.47 Å². The summed E-state index contributed by atoms with van der Waals surface area (Å²) in [6, 6.07) is 11.3. The summed E-state index contributed by atoms with van der Waals surface area (Å²) >= 11 is 1.42. The Morgan fingerprint density at radius 3 is 2.44 bits per heavy atom. The van der Waals surface area contributed by atoms with Crippen LogP contribution in [0.25, 0.3) is 10.9 Å². The molecule has 0 atom stereocenters. The van der Waals surface area contributed by atoms with Crippen molar-refractivity contribution in [2.45, 2.75) is 31.7 Å². The van der Waals surface area contributed by atoms with Crippen LogP contribution in [-0.2, 0) is 0 Å². The number of aromatic nitrogens is 1. The van der Waals surface area contributed by atoms with Crippen LogP contribution in [0, 0.1) is 5.21 Å². The van der Waals surface area contributed by atoms with Gasteiger partial charge in [-0.2, -0.15) is 0 Å². The summed E-state index contributed by atoms with van der Waals surface area (Å²) in [4.78, 5) is 30.6. The zero-order valence-electron chi connectivity index (χ0n) is 17.6. The van der Waals surface area contributed by atoms with Gasteiger partial charge in [-0.15, -0.1) is 11.3 Å². The Bertz CT molecular complexity index is 1180. The molecule has 2 aromatic heterocycles. The number of benzene rings is 1. The van der Waals surface area contributed by atoms with Gasteiger partial charge in [-0.3, -0.25) is 14.8 Å². The molecule has 8 nitrogen and oxygen atoms in total. The molecular formula is C23H25N4O4S-. The first kappa shape index (κ1) is 21.0. The number of piperazine rings is 1. The van der Waals surface area contributed by atoms with Gasteiger partial charge in [0.1, 0.15) is 5.69 Å². The second-order valence-corrected chi connectivity index (χ2v) is 9.30. The lowest BCUT2D eigenvalue weighted by Gasteiger charge is -2.39. The first-order chi connectivity index (χ1) is 15.6. The highest BCUT2D eigenvalue weighted by atomic mass is 32.1. The van der Waals surface area contributed by atoms with E-state index in [4.69, 9.17) is 0 Å². The molecule has 2 fully saturated rings. The van der Waals surface area contributed by atoms with Crippen LogP contribution in [0.3, 0.4) is 0 Å². The summed E-state index contributed by atoms with van der Waals surface area (Å²) in [7, 11) is 0. The van der Waals surface area contributed by atoms with E-state index in [0.29, 0.717) is 36.7 Å². The van der Waals surface area contributed by atoms with E-state index >= 15 is 0 Å². The minimum atomic E-state index is -0.458. The first-order valence-corrected chi connectivity index (χ1v) is 11.9. The van der Waals surface area contributed by atoms with Gasteiger partial charge < -0.3 is 24.8 Å². The monoisotopic (exact) mass is 453 g/mol. The summed E-state index contributed by atoms with van der Waals surface area (Å²) in [5, 5.41) is 24.6. The molecule has 5 rings (SSSR count). The third kappa shape index (κ3) is 3.56. The number of carbonyl (C=O) groups is 1. The Kier molecular flexibility index (Phi) is 5.62. The number of hydrogen-bond donors (Lipinski definition) is 1. The molecule has 1 aliphatic heterocycles. The second kappa shape index (κ2) is 8.57. The maximum Gasteiger partial charge on any atom is 0.278 e. The number of fused-ring (bicyclic) bond motifs is 1. The van der Waals surface area contributed by atoms with Crippen LogP contribution < -0.4 is 15.7 Å². The van der Waals surface area contributed by atoms with Crippen molar-refractivity contribution in [2.75, 3.05) is 36.3 Å². The van der Waals surface area contributed by atoms with Gasteiger partial charge in [-0.1, -0.05) is 37.1 Å². The van der Waals surface area contributed by atoms with Crippen molar-refractivity contribution in [3.8, 4) is 0 Å². The highest BCUT2D eigenvalue weighted by Gasteiger charge is 2.29. The van der Waals surface area contributed by atoms with Crippen molar-refractivity contribution in [3.05, 3.63) is 62.2 Å². The van der Waals surface area contributed by atoms with Gasteiger partial charge in [0.05, 0.1) is 16.1 Å². The Morgan fingerprint density at radius 2 is 1.78 bits per heavy atom. The van der Waals surface area contributed by atoms with Crippen molar-refractivity contribution in [2.24, 2.45) is 0 Å². The normalized spacial score (nSPS) is 17.3. The molecule has 0 unspecified atom stereocenters. The molecule has 1 saturated heterocycles. The number of para-hydroxylation sites is 1. The minimum absolute atomic E-state index is 0.00556. The lowest BCUT2D eigenvalue weighted by Crippen LogP contribution is -2.49. The number of pyridine rings is 1.